The molecule has 1 aliphatic heterocycles. The summed E-state index contributed by atoms with van der Waals surface area (Å²) in [6.45, 7) is 3.49. The van der Waals surface area contributed by atoms with Crippen LogP contribution in [0.3, 0.4) is 0 Å². The highest BCUT2D eigenvalue weighted by Gasteiger charge is 2.44. The standard InChI is InChI=1S/C63H123NO10/c1-3-5-7-9-11-13-15-17-19-21-23-25-26-27-28-29-31-33-35-37-39-41-43-45-47-49-51-56(67)62(72)64-54(53-73-63-61(71)60(70)59(69)57(52-65)74-63)58(68)55(66)50-48-46-44-42-40-38-36-34-32-30-24-22-20-18-16-14-12-10-8-6-4-2/h42,44,54-61,63,65-71H,3-41,43,45-53H2,1-2H3,(H,64,72)/b44-42+. The smallest absolute Gasteiger partial charge is 0.249 e. The topological polar surface area (TPSA) is 189 Å². The van der Waals surface area contributed by atoms with Crippen molar-refractivity contribution in [2.75, 3.05) is 13.2 Å². The van der Waals surface area contributed by atoms with Crippen molar-refractivity contribution in [3.05, 3.63) is 12.2 Å². The molecule has 0 aromatic heterocycles. The van der Waals surface area contributed by atoms with Gasteiger partial charge in [-0.25, -0.2) is 0 Å². The molecule has 0 radical (unpaired) electrons. The maximum absolute atomic E-state index is 13.2. The molecule has 0 saturated carbocycles. The average molecular weight is 1050 g/mol. The lowest BCUT2D eigenvalue weighted by Gasteiger charge is -2.40. The Labute approximate surface area is 455 Å². The normalized spacial score (nSPS) is 19.8. The van der Waals surface area contributed by atoms with Crippen LogP contribution in [0.4, 0.5) is 0 Å². The Hall–Kier alpha value is -1.15. The van der Waals surface area contributed by atoms with E-state index in [2.05, 4.69) is 31.3 Å². The highest BCUT2D eigenvalue weighted by molar-refractivity contribution is 5.80. The molecule has 8 N–H and O–H groups in total. The molecule has 0 aliphatic carbocycles. The van der Waals surface area contributed by atoms with Gasteiger partial charge in [-0.05, 0) is 38.5 Å². The highest BCUT2D eigenvalue weighted by atomic mass is 16.7. The lowest BCUT2D eigenvalue weighted by Crippen LogP contribution is -2.60. The van der Waals surface area contributed by atoms with Crippen LogP contribution in [0.15, 0.2) is 12.2 Å². The molecule has 9 unspecified atom stereocenters. The van der Waals surface area contributed by atoms with Crippen molar-refractivity contribution in [3.8, 4) is 0 Å². The first-order valence-electron chi connectivity index (χ1n) is 32.1. The largest absolute Gasteiger partial charge is 0.394 e. The third-order valence-electron chi connectivity index (χ3n) is 15.8. The third-order valence-corrected chi connectivity index (χ3v) is 15.8. The summed E-state index contributed by atoms with van der Waals surface area (Å²) in [6.07, 6.45) is 51.4. The van der Waals surface area contributed by atoms with Crippen molar-refractivity contribution in [2.45, 2.75) is 371 Å². The number of aliphatic hydroxyl groups is 7. The SMILES string of the molecule is CCCCCCCCCCCCCCCCCC/C=C/CCCC(O)C(O)C(COC1OC(CO)C(O)C(O)C1O)NC(=O)C(O)CCCCCCCCCCCCCCCCCCCCCCCCCCCC. The van der Waals surface area contributed by atoms with E-state index in [4.69, 9.17) is 9.47 Å². The van der Waals surface area contributed by atoms with Gasteiger partial charge in [0, 0.05) is 0 Å². The Bertz CT molecular complexity index is 1210. The van der Waals surface area contributed by atoms with Crippen LogP contribution < -0.4 is 5.32 Å². The summed E-state index contributed by atoms with van der Waals surface area (Å²) < 4.78 is 11.2. The second-order valence-electron chi connectivity index (χ2n) is 22.8. The highest BCUT2D eigenvalue weighted by Crippen LogP contribution is 2.24. The molecule has 0 aromatic rings. The number of unbranched alkanes of at least 4 members (excludes halogenated alkanes) is 42. The first-order valence-corrected chi connectivity index (χ1v) is 32.1. The summed E-state index contributed by atoms with van der Waals surface area (Å²) >= 11 is 0. The fraction of sp³-hybridized carbons (Fsp3) is 0.952. The van der Waals surface area contributed by atoms with E-state index in [1.165, 1.54) is 238 Å². The number of aliphatic hydroxyl groups excluding tert-OH is 7. The Morgan fingerprint density at radius 2 is 0.797 bits per heavy atom. The predicted molar refractivity (Wildman–Crippen MR) is 307 cm³/mol. The quantitative estimate of drug-likeness (QED) is 0.0215. The summed E-state index contributed by atoms with van der Waals surface area (Å²) in [4.78, 5) is 13.2. The van der Waals surface area contributed by atoms with Gasteiger partial charge in [0.2, 0.25) is 5.91 Å². The number of hydrogen-bond donors (Lipinski definition) is 8. The van der Waals surface area contributed by atoms with Crippen molar-refractivity contribution >= 4 is 5.91 Å². The zero-order chi connectivity index (χ0) is 54.0. The van der Waals surface area contributed by atoms with Crippen LogP contribution in [0.25, 0.3) is 0 Å². The summed E-state index contributed by atoms with van der Waals surface area (Å²) in [5, 5.41) is 76.3. The number of amides is 1. The van der Waals surface area contributed by atoms with E-state index < -0.39 is 74.2 Å². The van der Waals surface area contributed by atoms with E-state index in [1.807, 2.05) is 0 Å². The number of nitrogens with one attached hydrogen (secondary N) is 1. The van der Waals surface area contributed by atoms with Crippen LogP contribution in [0.1, 0.15) is 316 Å². The lowest BCUT2D eigenvalue weighted by molar-refractivity contribution is -0.303. The molecule has 74 heavy (non-hydrogen) atoms. The summed E-state index contributed by atoms with van der Waals surface area (Å²) in [7, 11) is 0. The number of rotatable bonds is 56. The van der Waals surface area contributed by atoms with Crippen LogP contribution in [-0.4, -0.2) is 110 Å². The molecule has 1 aliphatic rings. The van der Waals surface area contributed by atoms with Crippen LogP contribution in [-0.2, 0) is 14.3 Å². The average Bonchev–Trinajstić information content (AvgIpc) is 3.40. The van der Waals surface area contributed by atoms with Crippen molar-refractivity contribution in [1.82, 2.24) is 5.32 Å². The van der Waals surface area contributed by atoms with E-state index >= 15 is 0 Å². The molecule has 1 rings (SSSR count). The van der Waals surface area contributed by atoms with Crippen LogP contribution in [0.2, 0.25) is 0 Å². The molecule has 0 aromatic carbocycles. The first kappa shape index (κ1) is 70.9. The monoisotopic (exact) mass is 1050 g/mol. The van der Waals surface area contributed by atoms with Gasteiger partial charge >= 0.3 is 0 Å². The number of allylic oxidation sites excluding steroid dienone is 2. The Kier molecular flexibility index (Phi) is 50.3. The van der Waals surface area contributed by atoms with Gasteiger partial charge in [-0.3, -0.25) is 4.79 Å². The van der Waals surface area contributed by atoms with Crippen LogP contribution in [0.5, 0.6) is 0 Å². The zero-order valence-electron chi connectivity index (χ0n) is 48.4. The van der Waals surface area contributed by atoms with Gasteiger partial charge in [-0.15, -0.1) is 0 Å². The minimum absolute atomic E-state index is 0.260. The van der Waals surface area contributed by atoms with Gasteiger partial charge in [-0.2, -0.15) is 0 Å². The summed E-state index contributed by atoms with van der Waals surface area (Å²) in [5.41, 5.74) is 0. The molecule has 0 spiro atoms. The van der Waals surface area contributed by atoms with E-state index in [9.17, 15) is 40.5 Å². The van der Waals surface area contributed by atoms with Crippen molar-refractivity contribution in [3.63, 3.8) is 0 Å². The Morgan fingerprint density at radius 3 is 1.16 bits per heavy atom. The molecule has 1 fully saturated rings. The number of carbonyl (C=O) groups is 1. The van der Waals surface area contributed by atoms with Gasteiger partial charge in [0.25, 0.3) is 0 Å². The fourth-order valence-corrected chi connectivity index (χ4v) is 10.6. The summed E-state index contributed by atoms with van der Waals surface area (Å²) in [6, 6.07) is -1.18. The minimum atomic E-state index is -1.67. The van der Waals surface area contributed by atoms with Gasteiger partial charge in [-0.1, -0.05) is 289 Å². The van der Waals surface area contributed by atoms with Gasteiger partial charge in [0.05, 0.1) is 25.4 Å². The number of hydrogen-bond acceptors (Lipinski definition) is 10. The van der Waals surface area contributed by atoms with Gasteiger partial charge in [0.15, 0.2) is 6.29 Å². The summed E-state index contributed by atoms with van der Waals surface area (Å²) in [5.74, 6) is -0.699. The molecule has 11 heteroatoms. The Balaban J connectivity index is 2.25. The lowest BCUT2D eigenvalue weighted by atomic mass is 9.98. The molecule has 1 saturated heterocycles. The maximum Gasteiger partial charge on any atom is 0.249 e. The van der Waals surface area contributed by atoms with Crippen molar-refractivity contribution < 1.29 is 50.0 Å². The van der Waals surface area contributed by atoms with E-state index in [0.29, 0.717) is 12.8 Å². The fourth-order valence-electron chi connectivity index (χ4n) is 10.6. The van der Waals surface area contributed by atoms with E-state index in [0.717, 1.165) is 38.5 Å². The van der Waals surface area contributed by atoms with Crippen molar-refractivity contribution in [1.29, 1.82) is 0 Å². The van der Waals surface area contributed by atoms with Gasteiger partial charge in [0.1, 0.15) is 36.6 Å². The van der Waals surface area contributed by atoms with Crippen LogP contribution >= 0.6 is 0 Å². The zero-order valence-corrected chi connectivity index (χ0v) is 48.4. The molecular weight excluding hydrogens is 931 g/mol. The second kappa shape index (κ2) is 52.5. The van der Waals surface area contributed by atoms with Crippen LogP contribution in [0, 0.1) is 0 Å². The van der Waals surface area contributed by atoms with Gasteiger partial charge < -0.3 is 50.5 Å². The Morgan fingerprint density at radius 1 is 0.459 bits per heavy atom. The third kappa shape index (κ3) is 40.1. The molecular formula is C63H123NO10. The molecule has 9 atom stereocenters. The molecule has 1 heterocycles. The molecule has 440 valence electrons. The first-order chi connectivity index (χ1) is 36.2. The number of ether oxygens (including phenoxy) is 2. The maximum atomic E-state index is 13.2. The van der Waals surface area contributed by atoms with Crippen molar-refractivity contribution in [2.24, 2.45) is 0 Å². The molecule has 0 bridgehead atoms. The predicted octanol–water partition coefficient (Wildman–Crippen LogP) is 14.3. The van der Waals surface area contributed by atoms with E-state index in [1.54, 1.807) is 0 Å². The van der Waals surface area contributed by atoms with E-state index in [-0.39, 0.29) is 12.8 Å². The molecule has 1 amide bonds. The minimum Gasteiger partial charge on any atom is -0.394 e. The molecule has 11 nitrogen and oxygen atoms in total. The second-order valence-corrected chi connectivity index (χ2v) is 22.8. The number of carbonyl (C=O) groups excluding carboxylic acids is 1.